The second kappa shape index (κ2) is 13.9. The van der Waals surface area contributed by atoms with Crippen LogP contribution in [0.2, 0.25) is 0 Å². The average Bonchev–Trinajstić information content (AvgIpc) is 4.01. The number of hydrogen-bond acceptors (Lipinski definition) is 5. The number of benzene rings is 7. The molecule has 0 aliphatic heterocycles. The van der Waals surface area contributed by atoms with Gasteiger partial charge in [-0.2, -0.15) is 0 Å². The normalized spacial score (nSPS) is 11.8. The van der Waals surface area contributed by atoms with E-state index in [0.717, 1.165) is 111 Å². The molecule has 63 heavy (non-hydrogen) atoms. The van der Waals surface area contributed by atoms with Crippen LogP contribution in [0.3, 0.4) is 0 Å². The lowest BCUT2D eigenvalue weighted by atomic mass is 10.0. The first kappa shape index (κ1) is 35.1. The molecule has 0 amide bonds. The SMILES string of the molecule is c1ccc(-c2cc(-c3ccccc3)nc(-c3nccc4c3c3c(-c5ccc6c(c5)c5cc7c(cc5n6-c5ccccc5)oc5ccccc57)nccc3n4-c3ccccc3)n2)cc1. The van der Waals surface area contributed by atoms with E-state index in [1.807, 2.05) is 67.0 Å². The summed E-state index contributed by atoms with van der Waals surface area (Å²) in [5.74, 6) is 0.542. The molecule has 0 fully saturated rings. The highest BCUT2D eigenvalue weighted by Crippen LogP contribution is 2.44. The van der Waals surface area contributed by atoms with Gasteiger partial charge in [0.05, 0.1) is 39.1 Å². The van der Waals surface area contributed by atoms with Crippen molar-refractivity contribution < 1.29 is 4.42 Å². The summed E-state index contributed by atoms with van der Waals surface area (Å²) in [6.45, 7) is 0. The van der Waals surface area contributed by atoms with Crippen molar-refractivity contribution in [2.75, 3.05) is 0 Å². The number of rotatable bonds is 6. The lowest BCUT2D eigenvalue weighted by molar-refractivity contribution is 0.669. The van der Waals surface area contributed by atoms with Crippen LogP contribution in [0.5, 0.6) is 0 Å². The summed E-state index contributed by atoms with van der Waals surface area (Å²) in [6, 6.07) is 67.3. The molecular weight excluding hydrogens is 773 g/mol. The van der Waals surface area contributed by atoms with Gasteiger partial charge in [0, 0.05) is 78.8 Å². The van der Waals surface area contributed by atoms with Crippen LogP contribution >= 0.6 is 0 Å². The third-order valence-corrected chi connectivity index (χ3v) is 12.2. The number of aromatic nitrogens is 6. The molecule has 294 valence electrons. The molecule has 0 spiro atoms. The lowest BCUT2D eigenvalue weighted by Crippen LogP contribution is -1.98. The number of pyridine rings is 2. The van der Waals surface area contributed by atoms with Crippen molar-refractivity contribution >= 4 is 65.6 Å². The summed E-state index contributed by atoms with van der Waals surface area (Å²) in [4.78, 5) is 20.9. The van der Waals surface area contributed by atoms with Gasteiger partial charge in [0.15, 0.2) is 5.82 Å². The molecule has 13 aromatic rings. The van der Waals surface area contributed by atoms with Crippen LogP contribution in [0.1, 0.15) is 0 Å². The number of furan rings is 1. The van der Waals surface area contributed by atoms with E-state index in [-0.39, 0.29) is 0 Å². The minimum Gasteiger partial charge on any atom is -0.456 e. The molecule has 0 aliphatic carbocycles. The standard InChI is InChI=1S/C56H34N6O/c1-5-15-35(16-6-1)44-33-45(36-17-7-2-8-18-36)60-56(59-44)55-53-48(28-30-58-55)62(39-21-11-4-12-22-39)47-27-29-57-54(52(47)53)37-25-26-46-41(31-37)42-32-43-40-23-13-14-24-50(40)63-51(43)34-49(42)61(46)38-19-9-3-10-20-38/h1-34H. The molecule has 0 saturated heterocycles. The quantitative estimate of drug-likeness (QED) is 0.167. The van der Waals surface area contributed by atoms with E-state index in [1.54, 1.807) is 0 Å². The summed E-state index contributed by atoms with van der Waals surface area (Å²) in [6.07, 6.45) is 3.79. The Balaban J connectivity index is 1.12. The van der Waals surface area contributed by atoms with Gasteiger partial charge < -0.3 is 13.6 Å². The third kappa shape index (κ3) is 5.53. The predicted molar refractivity (Wildman–Crippen MR) is 255 cm³/mol. The van der Waals surface area contributed by atoms with Crippen molar-refractivity contribution in [3.8, 4) is 56.7 Å². The van der Waals surface area contributed by atoms with Crippen molar-refractivity contribution in [2.45, 2.75) is 0 Å². The molecule has 0 atom stereocenters. The monoisotopic (exact) mass is 806 g/mol. The van der Waals surface area contributed by atoms with Crippen molar-refractivity contribution in [3.63, 3.8) is 0 Å². The number of fused-ring (bicyclic) bond motifs is 9. The van der Waals surface area contributed by atoms with Crippen molar-refractivity contribution in [2.24, 2.45) is 0 Å². The first-order valence-corrected chi connectivity index (χ1v) is 21.0. The molecule has 0 saturated carbocycles. The maximum Gasteiger partial charge on any atom is 0.180 e. The minimum absolute atomic E-state index is 0.542. The van der Waals surface area contributed by atoms with E-state index in [1.165, 1.54) is 0 Å². The Hall–Kier alpha value is -8.68. The van der Waals surface area contributed by atoms with E-state index in [0.29, 0.717) is 11.5 Å². The Morgan fingerprint density at radius 1 is 0.349 bits per heavy atom. The fraction of sp³-hybridized carbons (Fsp3) is 0. The Kier molecular flexibility index (Phi) is 7.77. The molecule has 13 rings (SSSR count). The zero-order valence-corrected chi connectivity index (χ0v) is 33.7. The number of nitrogens with zero attached hydrogens (tertiary/aromatic N) is 6. The summed E-state index contributed by atoms with van der Waals surface area (Å²) < 4.78 is 11.1. The maximum atomic E-state index is 6.44. The highest BCUT2D eigenvalue weighted by molar-refractivity contribution is 6.21. The van der Waals surface area contributed by atoms with Crippen LogP contribution in [-0.4, -0.2) is 29.1 Å². The Morgan fingerprint density at radius 3 is 1.54 bits per heavy atom. The van der Waals surface area contributed by atoms with Crippen LogP contribution < -0.4 is 0 Å². The van der Waals surface area contributed by atoms with Gasteiger partial charge in [-0.25, -0.2) is 9.97 Å². The topological polar surface area (TPSA) is 74.6 Å². The maximum absolute atomic E-state index is 6.44. The second-order valence-corrected chi connectivity index (χ2v) is 15.8. The van der Waals surface area contributed by atoms with Gasteiger partial charge in [-0.1, -0.05) is 121 Å². The fourth-order valence-electron chi connectivity index (χ4n) is 9.45. The predicted octanol–water partition coefficient (Wildman–Crippen LogP) is 14.0. The summed E-state index contributed by atoms with van der Waals surface area (Å²) in [5, 5.41) is 6.35. The molecule has 0 bridgehead atoms. The van der Waals surface area contributed by atoms with Gasteiger partial charge in [-0.3, -0.25) is 9.97 Å². The Bertz CT molecular complexity index is 3830. The zero-order chi connectivity index (χ0) is 41.4. The van der Waals surface area contributed by atoms with Crippen LogP contribution in [0.4, 0.5) is 0 Å². The van der Waals surface area contributed by atoms with Crippen LogP contribution in [0, 0.1) is 0 Å². The molecule has 0 N–H and O–H groups in total. The second-order valence-electron chi connectivity index (χ2n) is 15.8. The highest BCUT2D eigenvalue weighted by atomic mass is 16.3. The van der Waals surface area contributed by atoms with Gasteiger partial charge in [0.2, 0.25) is 0 Å². The molecule has 7 aromatic carbocycles. The van der Waals surface area contributed by atoms with Crippen LogP contribution in [0.25, 0.3) is 122 Å². The Morgan fingerprint density at radius 2 is 0.889 bits per heavy atom. The zero-order valence-electron chi connectivity index (χ0n) is 33.7. The van der Waals surface area contributed by atoms with Crippen LogP contribution in [0.15, 0.2) is 211 Å². The molecule has 7 heteroatoms. The first-order valence-electron chi connectivity index (χ1n) is 21.0. The number of hydrogen-bond donors (Lipinski definition) is 0. The van der Waals surface area contributed by atoms with E-state index in [9.17, 15) is 0 Å². The molecule has 6 heterocycles. The Labute approximate surface area is 360 Å². The summed E-state index contributed by atoms with van der Waals surface area (Å²) >= 11 is 0. The molecule has 0 radical (unpaired) electrons. The van der Waals surface area contributed by atoms with E-state index >= 15 is 0 Å². The minimum atomic E-state index is 0.542. The van der Waals surface area contributed by atoms with E-state index in [4.69, 9.17) is 24.4 Å². The van der Waals surface area contributed by atoms with Crippen LogP contribution in [-0.2, 0) is 0 Å². The van der Waals surface area contributed by atoms with Gasteiger partial charge in [0.25, 0.3) is 0 Å². The van der Waals surface area contributed by atoms with Crippen molar-refractivity contribution in [1.82, 2.24) is 29.1 Å². The molecule has 0 aliphatic rings. The lowest BCUT2D eigenvalue weighted by Gasteiger charge is -2.11. The largest absolute Gasteiger partial charge is 0.456 e. The first-order chi connectivity index (χ1) is 31.2. The fourth-order valence-corrected chi connectivity index (χ4v) is 9.45. The number of para-hydroxylation sites is 3. The van der Waals surface area contributed by atoms with E-state index in [2.05, 4.69) is 149 Å². The molecular formula is C56H34N6O. The third-order valence-electron chi connectivity index (χ3n) is 12.2. The van der Waals surface area contributed by atoms with Gasteiger partial charge in [0.1, 0.15) is 16.9 Å². The molecule has 6 aromatic heterocycles. The molecule has 7 nitrogen and oxygen atoms in total. The summed E-state index contributed by atoms with van der Waals surface area (Å²) in [7, 11) is 0. The smallest absolute Gasteiger partial charge is 0.180 e. The van der Waals surface area contributed by atoms with Gasteiger partial charge in [-0.05, 0) is 66.7 Å². The van der Waals surface area contributed by atoms with Crippen molar-refractivity contribution in [1.29, 1.82) is 0 Å². The molecule has 0 unspecified atom stereocenters. The summed E-state index contributed by atoms with van der Waals surface area (Å²) in [5.41, 5.74) is 14.2. The average molecular weight is 807 g/mol. The van der Waals surface area contributed by atoms with Gasteiger partial charge in [-0.15, -0.1) is 0 Å². The van der Waals surface area contributed by atoms with E-state index < -0.39 is 0 Å². The van der Waals surface area contributed by atoms with Gasteiger partial charge >= 0.3 is 0 Å². The highest BCUT2D eigenvalue weighted by Gasteiger charge is 2.24. The van der Waals surface area contributed by atoms with Crippen molar-refractivity contribution in [3.05, 3.63) is 207 Å².